The maximum Gasteiger partial charge on any atom is 0.243 e. The number of H-pyrrole nitrogens is 1. The number of carbonyl (C=O) groups excluding carboxylic acids is 2. The fraction of sp³-hybridized carbons (Fsp3) is 0.320. The van der Waals surface area contributed by atoms with Crippen molar-refractivity contribution in [3.05, 3.63) is 72.1 Å². The molecule has 2 unspecified atom stereocenters. The van der Waals surface area contributed by atoms with E-state index in [9.17, 15) is 14.7 Å². The lowest BCUT2D eigenvalue weighted by Gasteiger charge is -2.28. The van der Waals surface area contributed by atoms with E-state index in [1.165, 1.54) is 5.56 Å². The number of nitrogens with zero attached hydrogens (tertiary/aromatic N) is 1. The number of rotatable bonds is 10. The first kappa shape index (κ1) is 23.2. The highest BCUT2D eigenvalue weighted by Crippen LogP contribution is 2.24. The summed E-state index contributed by atoms with van der Waals surface area (Å²) < 4.78 is 0. The van der Waals surface area contributed by atoms with Crippen LogP contribution < -0.4 is 21.3 Å². The molecule has 6 N–H and O–H groups in total. The molecule has 0 bridgehead atoms. The first-order chi connectivity index (χ1) is 16.6. The number of imidazole rings is 1. The number of phenols is 1. The fourth-order valence-electron chi connectivity index (χ4n) is 3.98. The van der Waals surface area contributed by atoms with E-state index in [0.717, 1.165) is 17.7 Å². The van der Waals surface area contributed by atoms with Crippen molar-refractivity contribution in [2.75, 3.05) is 17.2 Å². The first-order valence-corrected chi connectivity index (χ1v) is 11.5. The smallest absolute Gasteiger partial charge is 0.243 e. The molecule has 0 radical (unpaired) electrons. The third-order valence-electron chi connectivity index (χ3n) is 5.86. The van der Waals surface area contributed by atoms with Crippen LogP contribution in [0.3, 0.4) is 0 Å². The number of anilines is 2. The van der Waals surface area contributed by atoms with Gasteiger partial charge in [-0.3, -0.25) is 9.59 Å². The summed E-state index contributed by atoms with van der Waals surface area (Å²) in [7, 11) is 0. The Hall–Kier alpha value is -4.01. The van der Waals surface area contributed by atoms with Gasteiger partial charge in [0.2, 0.25) is 11.8 Å². The van der Waals surface area contributed by atoms with Crippen molar-refractivity contribution in [1.29, 1.82) is 0 Å². The molecule has 2 amide bonds. The van der Waals surface area contributed by atoms with E-state index < -0.39 is 6.04 Å². The Kier molecular flexibility index (Phi) is 7.64. The van der Waals surface area contributed by atoms with Crippen LogP contribution in [0.5, 0.6) is 5.75 Å². The van der Waals surface area contributed by atoms with Crippen molar-refractivity contribution in [3.63, 3.8) is 0 Å². The summed E-state index contributed by atoms with van der Waals surface area (Å²) in [5.41, 5.74) is 3.02. The van der Waals surface area contributed by atoms with Gasteiger partial charge >= 0.3 is 0 Å². The predicted molar refractivity (Wildman–Crippen MR) is 130 cm³/mol. The van der Waals surface area contributed by atoms with Crippen LogP contribution in [0.4, 0.5) is 11.6 Å². The van der Waals surface area contributed by atoms with Crippen molar-refractivity contribution in [2.45, 2.75) is 44.3 Å². The minimum absolute atomic E-state index is 0.172. The number of nitrogens with one attached hydrogen (secondary N) is 5. The number of aromatic amines is 1. The molecule has 0 spiro atoms. The van der Waals surface area contributed by atoms with Crippen LogP contribution in [0, 0.1) is 0 Å². The second kappa shape index (κ2) is 11.2. The number of amides is 2. The van der Waals surface area contributed by atoms with Gasteiger partial charge in [0.25, 0.3) is 0 Å². The lowest BCUT2D eigenvalue weighted by molar-refractivity contribution is -0.129. The average Bonchev–Trinajstić information content (AvgIpc) is 3.38. The summed E-state index contributed by atoms with van der Waals surface area (Å²) in [4.78, 5) is 33.1. The molecule has 34 heavy (non-hydrogen) atoms. The number of aryl methyl sites for hydroxylation is 1. The number of para-hydroxylation sites is 1. The van der Waals surface area contributed by atoms with Crippen LogP contribution in [0.25, 0.3) is 0 Å². The number of aromatic hydroxyl groups is 1. The lowest BCUT2D eigenvalue weighted by Crippen LogP contribution is -2.51. The van der Waals surface area contributed by atoms with E-state index in [1.54, 1.807) is 36.7 Å². The summed E-state index contributed by atoms with van der Waals surface area (Å²) in [6.45, 7) is 0.922. The Morgan fingerprint density at radius 2 is 1.97 bits per heavy atom. The minimum atomic E-state index is -0.665. The zero-order valence-corrected chi connectivity index (χ0v) is 18.9. The first-order valence-electron chi connectivity index (χ1n) is 11.5. The van der Waals surface area contributed by atoms with Gasteiger partial charge in [-0.25, -0.2) is 4.98 Å². The van der Waals surface area contributed by atoms with Crippen LogP contribution >= 0.6 is 0 Å². The summed E-state index contributed by atoms with van der Waals surface area (Å²) >= 11 is 0. The van der Waals surface area contributed by atoms with Crippen LogP contribution in [-0.4, -0.2) is 45.5 Å². The molecule has 2 aromatic carbocycles. The lowest BCUT2D eigenvalue weighted by atomic mass is 9.97. The monoisotopic (exact) mass is 462 g/mol. The number of hydrogen-bond donors (Lipinski definition) is 6. The zero-order valence-electron chi connectivity index (χ0n) is 18.9. The third-order valence-corrected chi connectivity index (χ3v) is 5.86. The fourth-order valence-corrected chi connectivity index (χ4v) is 3.98. The maximum atomic E-state index is 13.0. The highest BCUT2D eigenvalue weighted by atomic mass is 16.3. The summed E-state index contributed by atoms with van der Waals surface area (Å²) in [6.07, 6.45) is 6.02. The van der Waals surface area contributed by atoms with E-state index in [0.29, 0.717) is 38.3 Å². The molecule has 0 aliphatic carbocycles. The zero-order chi connectivity index (χ0) is 23.8. The maximum absolute atomic E-state index is 13.0. The number of aromatic nitrogens is 2. The number of benzene rings is 2. The van der Waals surface area contributed by atoms with E-state index in [-0.39, 0.29) is 23.6 Å². The van der Waals surface area contributed by atoms with E-state index >= 15 is 0 Å². The molecule has 0 saturated heterocycles. The van der Waals surface area contributed by atoms with Crippen molar-refractivity contribution < 1.29 is 14.7 Å². The minimum Gasteiger partial charge on any atom is -0.508 e. The van der Waals surface area contributed by atoms with Gasteiger partial charge in [-0.2, -0.15) is 0 Å². The molecule has 3 aromatic rings. The molecule has 178 valence electrons. The van der Waals surface area contributed by atoms with Gasteiger partial charge in [0.15, 0.2) is 5.95 Å². The Morgan fingerprint density at radius 1 is 1.15 bits per heavy atom. The molecule has 0 fully saturated rings. The van der Waals surface area contributed by atoms with Gasteiger partial charge in [0.1, 0.15) is 17.8 Å². The summed E-state index contributed by atoms with van der Waals surface area (Å²) in [5.74, 6) is 0.419. The second-order valence-electron chi connectivity index (χ2n) is 8.34. The molecule has 2 heterocycles. The van der Waals surface area contributed by atoms with Crippen molar-refractivity contribution >= 4 is 23.5 Å². The largest absolute Gasteiger partial charge is 0.508 e. The van der Waals surface area contributed by atoms with Crippen LogP contribution in [0.2, 0.25) is 0 Å². The number of fused-ring (bicyclic) bond motifs is 1. The molecule has 2 atom stereocenters. The molecule has 9 nitrogen and oxygen atoms in total. The Morgan fingerprint density at radius 3 is 2.76 bits per heavy atom. The number of hydrogen-bond acceptors (Lipinski definition) is 6. The van der Waals surface area contributed by atoms with Crippen LogP contribution in [-0.2, 0) is 22.6 Å². The highest BCUT2D eigenvalue weighted by molar-refractivity contribution is 5.91. The SMILES string of the molecule is O=C(NCc1ccc(O)cc1)C(CCCNc1ncc[nH]1)NC(=O)C1CCc2ccccc2N1. The normalized spacial score (nSPS) is 15.5. The van der Waals surface area contributed by atoms with Crippen LogP contribution in [0.15, 0.2) is 60.9 Å². The van der Waals surface area contributed by atoms with E-state index in [2.05, 4.69) is 37.3 Å². The van der Waals surface area contributed by atoms with Crippen molar-refractivity contribution in [3.8, 4) is 5.75 Å². The van der Waals surface area contributed by atoms with E-state index in [1.807, 2.05) is 18.2 Å². The standard InChI is InChI=1S/C25H30N6O3/c32-19-10-7-17(8-11-19)16-29-23(33)21(6-3-13-26-25-27-14-15-28-25)31-24(34)22-12-9-18-4-1-2-5-20(18)30-22/h1-2,4-5,7-8,10-11,14-15,21-22,30,32H,3,6,9,12-13,16H2,(H,29,33)(H,31,34)(H2,26,27,28). The molecule has 0 saturated carbocycles. The predicted octanol–water partition coefficient (Wildman–Crippen LogP) is 2.54. The molecule has 1 aliphatic heterocycles. The van der Waals surface area contributed by atoms with Gasteiger partial charge in [-0.05, 0) is 55.0 Å². The highest BCUT2D eigenvalue weighted by Gasteiger charge is 2.28. The van der Waals surface area contributed by atoms with Gasteiger partial charge in [-0.1, -0.05) is 30.3 Å². The average molecular weight is 463 g/mol. The van der Waals surface area contributed by atoms with Gasteiger partial charge in [0, 0.05) is 31.2 Å². The number of carbonyl (C=O) groups is 2. The van der Waals surface area contributed by atoms with Gasteiger partial charge < -0.3 is 31.4 Å². The van der Waals surface area contributed by atoms with Gasteiger partial charge in [-0.15, -0.1) is 0 Å². The quantitative estimate of drug-likeness (QED) is 0.257. The Balaban J connectivity index is 1.34. The molecular weight excluding hydrogens is 432 g/mol. The van der Waals surface area contributed by atoms with Gasteiger partial charge in [0.05, 0.1) is 0 Å². The Bertz CT molecular complexity index is 1080. The summed E-state index contributed by atoms with van der Waals surface area (Å²) in [6, 6.07) is 13.6. The Labute approximate surface area is 198 Å². The molecule has 1 aromatic heterocycles. The molecule has 4 rings (SSSR count). The van der Waals surface area contributed by atoms with Crippen molar-refractivity contribution in [1.82, 2.24) is 20.6 Å². The molecular formula is C25H30N6O3. The molecule has 1 aliphatic rings. The van der Waals surface area contributed by atoms with E-state index in [4.69, 9.17) is 0 Å². The summed E-state index contributed by atoms with van der Waals surface area (Å²) in [5, 5.41) is 21.8. The second-order valence-corrected chi connectivity index (χ2v) is 8.34. The molecule has 9 heteroatoms. The number of phenolic OH excluding ortho intramolecular Hbond substituents is 1. The topological polar surface area (TPSA) is 131 Å². The van der Waals surface area contributed by atoms with Crippen LogP contribution in [0.1, 0.15) is 30.4 Å². The van der Waals surface area contributed by atoms with Crippen molar-refractivity contribution in [2.24, 2.45) is 0 Å². The third kappa shape index (κ3) is 6.28.